The maximum Gasteiger partial charge on any atom is 0.488 e. The molecule has 0 bridgehead atoms. The third-order valence-corrected chi connectivity index (χ3v) is 2.18. The molecule has 1 aromatic carbocycles. The van der Waals surface area contributed by atoms with Gasteiger partial charge in [-0.3, -0.25) is 0 Å². The zero-order chi connectivity index (χ0) is 11.4. The first-order valence-electron chi connectivity index (χ1n) is 4.32. The average molecular weight is 206 g/mol. The van der Waals surface area contributed by atoms with Crippen molar-refractivity contribution in [2.75, 3.05) is 5.73 Å². The lowest BCUT2D eigenvalue weighted by molar-refractivity contribution is 0.425. The van der Waals surface area contributed by atoms with Gasteiger partial charge in [0.05, 0.1) is 6.54 Å². The Kier molecular flexibility index (Phi) is 3.57. The number of nitrogens with two attached hydrogens (primary N) is 1. The Morgan fingerprint density at radius 3 is 2.73 bits per heavy atom. The molecule has 78 valence electrons. The lowest BCUT2D eigenvalue weighted by Crippen LogP contribution is -2.30. The minimum Gasteiger partial charge on any atom is -0.423 e. The van der Waals surface area contributed by atoms with Gasteiger partial charge in [-0.05, 0) is 35.1 Å². The minimum absolute atomic E-state index is 0.146. The molecule has 0 amide bonds. The van der Waals surface area contributed by atoms with E-state index in [4.69, 9.17) is 21.3 Å². The summed E-state index contributed by atoms with van der Waals surface area (Å²) in [4.78, 5) is 2.64. The van der Waals surface area contributed by atoms with Gasteiger partial charge in [0.2, 0.25) is 0 Å². The maximum atomic E-state index is 8.99. The summed E-state index contributed by atoms with van der Waals surface area (Å²) in [5.74, 6) is 0. The minimum atomic E-state index is -1.57. The Morgan fingerprint density at radius 1 is 1.53 bits per heavy atom. The van der Waals surface area contributed by atoms with Crippen molar-refractivity contribution in [3.63, 3.8) is 0 Å². The van der Waals surface area contributed by atoms with Crippen LogP contribution >= 0.6 is 0 Å². The number of rotatable bonds is 3. The van der Waals surface area contributed by atoms with E-state index in [1.165, 1.54) is 6.07 Å². The SMILES string of the molecule is Cc1c(N)cc(B(O)O)cc1CN=[N+]=[N-]. The highest BCUT2D eigenvalue weighted by Crippen LogP contribution is 2.15. The number of hydrogen-bond donors (Lipinski definition) is 3. The second-order valence-electron chi connectivity index (χ2n) is 3.16. The van der Waals surface area contributed by atoms with Gasteiger partial charge in [-0.2, -0.15) is 0 Å². The van der Waals surface area contributed by atoms with Crippen LogP contribution in [0.3, 0.4) is 0 Å². The highest BCUT2D eigenvalue weighted by atomic mass is 16.4. The summed E-state index contributed by atoms with van der Waals surface area (Å²) in [6.07, 6.45) is 0. The van der Waals surface area contributed by atoms with Crippen LogP contribution in [0.2, 0.25) is 0 Å². The molecule has 0 aliphatic carbocycles. The summed E-state index contributed by atoms with van der Waals surface area (Å²) in [5.41, 5.74) is 16.1. The molecular weight excluding hydrogens is 195 g/mol. The molecule has 1 rings (SSSR count). The fourth-order valence-electron chi connectivity index (χ4n) is 1.25. The summed E-state index contributed by atoms with van der Waals surface area (Å²) in [6.45, 7) is 1.93. The number of nitrogens with zero attached hydrogens (tertiary/aromatic N) is 3. The van der Waals surface area contributed by atoms with E-state index in [1.807, 2.05) is 0 Å². The molecule has 0 fully saturated rings. The van der Waals surface area contributed by atoms with E-state index in [-0.39, 0.29) is 6.54 Å². The summed E-state index contributed by atoms with van der Waals surface area (Å²) in [7, 11) is -1.57. The molecule has 0 radical (unpaired) electrons. The summed E-state index contributed by atoms with van der Waals surface area (Å²) in [5, 5.41) is 21.4. The highest BCUT2D eigenvalue weighted by molar-refractivity contribution is 6.58. The second-order valence-corrected chi connectivity index (χ2v) is 3.16. The van der Waals surface area contributed by atoms with Crippen molar-refractivity contribution >= 4 is 18.3 Å². The Balaban J connectivity index is 3.18. The molecule has 15 heavy (non-hydrogen) atoms. The number of azide groups is 1. The Labute approximate surface area is 87.1 Å². The predicted molar refractivity (Wildman–Crippen MR) is 58.3 cm³/mol. The monoisotopic (exact) mass is 206 g/mol. The largest absolute Gasteiger partial charge is 0.488 e. The van der Waals surface area contributed by atoms with Gasteiger partial charge < -0.3 is 15.8 Å². The van der Waals surface area contributed by atoms with Crippen molar-refractivity contribution in [1.29, 1.82) is 0 Å². The summed E-state index contributed by atoms with van der Waals surface area (Å²) >= 11 is 0. The zero-order valence-electron chi connectivity index (χ0n) is 8.25. The fraction of sp³-hybridized carbons (Fsp3) is 0.250. The van der Waals surface area contributed by atoms with Crippen molar-refractivity contribution in [3.8, 4) is 0 Å². The van der Waals surface area contributed by atoms with E-state index in [1.54, 1.807) is 13.0 Å². The average Bonchev–Trinajstić information content (AvgIpc) is 2.19. The summed E-state index contributed by atoms with van der Waals surface area (Å²) < 4.78 is 0. The Morgan fingerprint density at radius 2 is 2.20 bits per heavy atom. The normalized spacial score (nSPS) is 9.53. The molecule has 0 aromatic heterocycles. The fourth-order valence-corrected chi connectivity index (χ4v) is 1.25. The van der Waals surface area contributed by atoms with Crippen LogP contribution in [0.15, 0.2) is 17.2 Å². The standard InChI is InChI=1S/C8H11BN4O2/c1-5-6(4-12-13-11)2-7(9(14)15)3-8(5)10/h2-3,14-15H,4,10H2,1H3. The van der Waals surface area contributed by atoms with Crippen LogP contribution in [0.5, 0.6) is 0 Å². The topological polar surface area (TPSA) is 115 Å². The second kappa shape index (κ2) is 4.70. The zero-order valence-corrected chi connectivity index (χ0v) is 8.25. The van der Waals surface area contributed by atoms with E-state index in [9.17, 15) is 0 Å². The molecule has 0 unspecified atom stereocenters. The van der Waals surface area contributed by atoms with Gasteiger partial charge in [0.1, 0.15) is 0 Å². The lowest BCUT2D eigenvalue weighted by atomic mass is 9.78. The van der Waals surface area contributed by atoms with Crippen LogP contribution in [0.1, 0.15) is 11.1 Å². The third-order valence-electron chi connectivity index (χ3n) is 2.18. The van der Waals surface area contributed by atoms with E-state index in [0.717, 1.165) is 5.56 Å². The highest BCUT2D eigenvalue weighted by Gasteiger charge is 2.14. The molecule has 0 spiro atoms. The Bertz CT molecular complexity index is 415. The van der Waals surface area contributed by atoms with Crippen molar-refractivity contribution in [3.05, 3.63) is 33.7 Å². The molecule has 0 saturated heterocycles. The van der Waals surface area contributed by atoms with Gasteiger partial charge in [-0.1, -0.05) is 11.2 Å². The van der Waals surface area contributed by atoms with Gasteiger partial charge in [-0.15, -0.1) is 0 Å². The van der Waals surface area contributed by atoms with Crippen LogP contribution in [0, 0.1) is 6.92 Å². The van der Waals surface area contributed by atoms with Gasteiger partial charge in [0, 0.05) is 10.6 Å². The molecule has 0 atom stereocenters. The van der Waals surface area contributed by atoms with Gasteiger partial charge in [0.25, 0.3) is 0 Å². The van der Waals surface area contributed by atoms with Gasteiger partial charge in [-0.25, -0.2) is 0 Å². The molecule has 0 heterocycles. The first-order valence-corrected chi connectivity index (χ1v) is 4.32. The number of anilines is 1. The smallest absolute Gasteiger partial charge is 0.423 e. The van der Waals surface area contributed by atoms with E-state index in [0.29, 0.717) is 16.7 Å². The van der Waals surface area contributed by atoms with Crippen molar-refractivity contribution in [2.24, 2.45) is 5.11 Å². The van der Waals surface area contributed by atoms with E-state index >= 15 is 0 Å². The van der Waals surface area contributed by atoms with Crippen LogP contribution in [0.25, 0.3) is 10.4 Å². The summed E-state index contributed by atoms with van der Waals surface area (Å²) in [6, 6.07) is 3.05. The molecule has 0 aliphatic rings. The maximum absolute atomic E-state index is 8.99. The molecule has 4 N–H and O–H groups in total. The van der Waals surface area contributed by atoms with E-state index in [2.05, 4.69) is 10.0 Å². The molecule has 6 nitrogen and oxygen atoms in total. The van der Waals surface area contributed by atoms with Crippen molar-refractivity contribution < 1.29 is 10.0 Å². The predicted octanol–water partition coefficient (Wildman–Crippen LogP) is 0.0673. The van der Waals surface area contributed by atoms with Crippen LogP contribution in [0.4, 0.5) is 5.69 Å². The molecule has 7 heteroatoms. The number of nitrogen functional groups attached to an aromatic ring is 1. The number of benzene rings is 1. The van der Waals surface area contributed by atoms with Gasteiger partial charge >= 0.3 is 7.12 Å². The molecule has 1 aromatic rings. The van der Waals surface area contributed by atoms with Gasteiger partial charge in [0.15, 0.2) is 0 Å². The van der Waals surface area contributed by atoms with Crippen LogP contribution in [-0.4, -0.2) is 17.2 Å². The quantitative estimate of drug-likeness (QED) is 0.213. The number of hydrogen-bond acceptors (Lipinski definition) is 4. The first kappa shape index (κ1) is 11.4. The Hall–Kier alpha value is -1.69. The van der Waals surface area contributed by atoms with Crippen molar-refractivity contribution in [2.45, 2.75) is 13.5 Å². The van der Waals surface area contributed by atoms with Crippen LogP contribution in [-0.2, 0) is 6.54 Å². The van der Waals surface area contributed by atoms with Crippen molar-refractivity contribution in [1.82, 2.24) is 0 Å². The van der Waals surface area contributed by atoms with Crippen LogP contribution < -0.4 is 11.2 Å². The lowest BCUT2D eigenvalue weighted by Gasteiger charge is -2.09. The first-order chi connectivity index (χ1) is 7.06. The van der Waals surface area contributed by atoms with E-state index < -0.39 is 7.12 Å². The molecule has 0 saturated carbocycles. The third kappa shape index (κ3) is 2.63. The molecule has 0 aliphatic heterocycles. The molecular formula is C8H11BN4O2.